The van der Waals surface area contributed by atoms with Crippen LogP contribution >= 0.6 is 0 Å². The summed E-state index contributed by atoms with van der Waals surface area (Å²) in [6, 6.07) is 0. The second-order valence-corrected chi connectivity index (χ2v) is 5.06. The van der Waals surface area contributed by atoms with E-state index in [1.54, 1.807) is 0 Å². The third-order valence-corrected chi connectivity index (χ3v) is 2.40. The molecular weight excluding hydrogens is 220 g/mol. The Labute approximate surface area is 102 Å². The molecule has 96 valence electrons. The standard InChI is InChI=1S/C12H20N2O3/c1-9(17-8-12(2,3)13)6-7-14-10(15)4-5-11(14)16/h4-5,9H,6-8,13H2,1-3H3. The van der Waals surface area contributed by atoms with Gasteiger partial charge < -0.3 is 10.5 Å². The van der Waals surface area contributed by atoms with Crippen molar-refractivity contribution in [2.45, 2.75) is 38.8 Å². The minimum Gasteiger partial charge on any atom is -0.377 e. The topological polar surface area (TPSA) is 72.6 Å². The molecule has 1 heterocycles. The van der Waals surface area contributed by atoms with Crippen LogP contribution in [0, 0.1) is 0 Å². The lowest BCUT2D eigenvalue weighted by Gasteiger charge is -2.23. The third-order valence-electron chi connectivity index (χ3n) is 2.40. The van der Waals surface area contributed by atoms with Gasteiger partial charge in [0.1, 0.15) is 0 Å². The molecule has 1 aliphatic heterocycles. The van der Waals surface area contributed by atoms with Gasteiger partial charge in [-0.05, 0) is 27.2 Å². The number of imide groups is 1. The first-order valence-electron chi connectivity index (χ1n) is 5.73. The van der Waals surface area contributed by atoms with E-state index in [-0.39, 0.29) is 23.5 Å². The SMILES string of the molecule is CC(CCN1C(=O)C=CC1=O)OCC(C)(C)N. The first-order valence-corrected chi connectivity index (χ1v) is 5.73. The van der Waals surface area contributed by atoms with Gasteiger partial charge in [0.2, 0.25) is 0 Å². The molecule has 1 atom stereocenters. The lowest BCUT2D eigenvalue weighted by Crippen LogP contribution is -2.39. The highest BCUT2D eigenvalue weighted by Crippen LogP contribution is 2.08. The average Bonchev–Trinajstić information content (AvgIpc) is 2.52. The third kappa shape index (κ3) is 4.66. The molecule has 1 aliphatic rings. The molecule has 0 fully saturated rings. The van der Waals surface area contributed by atoms with Crippen molar-refractivity contribution < 1.29 is 14.3 Å². The number of ether oxygens (including phenoxy) is 1. The van der Waals surface area contributed by atoms with E-state index in [2.05, 4.69) is 0 Å². The highest BCUT2D eigenvalue weighted by atomic mass is 16.5. The molecule has 0 aliphatic carbocycles. The number of carbonyl (C=O) groups is 2. The van der Waals surface area contributed by atoms with E-state index >= 15 is 0 Å². The summed E-state index contributed by atoms with van der Waals surface area (Å²) < 4.78 is 5.54. The molecule has 17 heavy (non-hydrogen) atoms. The average molecular weight is 240 g/mol. The summed E-state index contributed by atoms with van der Waals surface area (Å²) in [5.74, 6) is -0.497. The number of hydrogen-bond acceptors (Lipinski definition) is 4. The maximum absolute atomic E-state index is 11.3. The molecule has 5 heteroatoms. The van der Waals surface area contributed by atoms with Crippen LogP contribution in [0.2, 0.25) is 0 Å². The van der Waals surface area contributed by atoms with Crippen LogP contribution in [0.15, 0.2) is 12.2 Å². The van der Waals surface area contributed by atoms with Crippen LogP contribution in [0.3, 0.4) is 0 Å². The van der Waals surface area contributed by atoms with E-state index in [1.807, 2.05) is 20.8 Å². The van der Waals surface area contributed by atoms with E-state index in [0.717, 1.165) is 0 Å². The molecule has 0 aromatic heterocycles. The van der Waals surface area contributed by atoms with Crippen LogP contribution in [0.1, 0.15) is 27.2 Å². The summed E-state index contributed by atoms with van der Waals surface area (Å²) in [7, 11) is 0. The number of carbonyl (C=O) groups excluding carboxylic acids is 2. The Balaban J connectivity index is 2.27. The summed E-state index contributed by atoms with van der Waals surface area (Å²) in [6.45, 7) is 6.52. The molecule has 5 nitrogen and oxygen atoms in total. The van der Waals surface area contributed by atoms with E-state index < -0.39 is 0 Å². The van der Waals surface area contributed by atoms with Gasteiger partial charge in [0, 0.05) is 24.2 Å². The van der Waals surface area contributed by atoms with Gasteiger partial charge in [-0.15, -0.1) is 0 Å². The first kappa shape index (κ1) is 13.9. The number of rotatable bonds is 6. The van der Waals surface area contributed by atoms with Crippen molar-refractivity contribution in [1.29, 1.82) is 0 Å². The summed E-state index contributed by atoms with van der Waals surface area (Å²) in [5.41, 5.74) is 5.43. The molecule has 2 N–H and O–H groups in total. The van der Waals surface area contributed by atoms with Gasteiger partial charge in [0.15, 0.2) is 0 Å². The molecular formula is C12H20N2O3. The number of hydrogen-bond donors (Lipinski definition) is 1. The van der Waals surface area contributed by atoms with Crippen molar-refractivity contribution in [1.82, 2.24) is 4.90 Å². The molecule has 0 bridgehead atoms. The lowest BCUT2D eigenvalue weighted by atomic mass is 10.1. The summed E-state index contributed by atoms with van der Waals surface area (Å²) in [4.78, 5) is 23.8. The minimum atomic E-state index is -0.366. The minimum absolute atomic E-state index is 0.0287. The highest BCUT2D eigenvalue weighted by molar-refractivity contribution is 6.12. The second kappa shape index (κ2) is 5.42. The molecule has 0 saturated heterocycles. The van der Waals surface area contributed by atoms with Crippen molar-refractivity contribution in [2.24, 2.45) is 5.73 Å². The number of nitrogens with zero attached hydrogens (tertiary/aromatic N) is 1. The van der Waals surface area contributed by atoms with Crippen LogP contribution < -0.4 is 5.73 Å². The molecule has 0 saturated carbocycles. The van der Waals surface area contributed by atoms with Crippen LogP contribution in [-0.2, 0) is 14.3 Å². The summed E-state index contributed by atoms with van der Waals surface area (Å²) >= 11 is 0. The van der Waals surface area contributed by atoms with E-state index in [0.29, 0.717) is 19.6 Å². The predicted octanol–water partition coefficient (Wildman–Crippen LogP) is 0.444. The molecule has 0 aromatic rings. The quantitative estimate of drug-likeness (QED) is 0.684. The smallest absolute Gasteiger partial charge is 0.253 e. The van der Waals surface area contributed by atoms with Gasteiger partial charge in [-0.25, -0.2) is 0 Å². The Morgan fingerprint density at radius 2 is 1.88 bits per heavy atom. The lowest BCUT2D eigenvalue weighted by molar-refractivity contribution is -0.137. The van der Waals surface area contributed by atoms with Gasteiger partial charge in [0.25, 0.3) is 11.8 Å². The Bertz CT molecular complexity index is 313. The largest absolute Gasteiger partial charge is 0.377 e. The Morgan fingerprint density at radius 3 is 2.35 bits per heavy atom. The van der Waals surface area contributed by atoms with Crippen LogP contribution in [0.25, 0.3) is 0 Å². The Morgan fingerprint density at radius 1 is 1.35 bits per heavy atom. The molecule has 0 aromatic carbocycles. The first-order chi connectivity index (χ1) is 7.79. The summed E-state index contributed by atoms with van der Waals surface area (Å²) in [6.07, 6.45) is 3.17. The van der Waals surface area contributed by atoms with Crippen molar-refractivity contribution in [3.8, 4) is 0 Å². The molecule has 2 amide bonds. The van der Waals surface area contributed by atoms with E-state index in [4.69, 9.17) is 10.5 Å². The van der Waals surface area contributed by atoms with Gasteiger partial charge in [0.05, 0.1) is 12.7 Å². The second-order valence-electron chi connectivity index (χ2n) is 5.06. The molecule has 1 rings (SSSR count). The van der Waals surface area contributed by atoms with Gasteiger partial charge in [-0.1, -0.05) is 0 Å². The highest BCUT2D eigenvalue weighted by Gasteiger charge is 2.23. The fourth-order valence-electron chi connectivity index (χ4n) is 1.40. The Kier molecular flexibility index (Phi) is 4.42. The fourth-order valence-corrected chi connectivity index (χ4v) is 1.40. The predicted molar refractivity (Wildman–Crippen MR) is 64.2 cm³/mol. The van der Waals surface area contributed by atoms with Crippen molar-refractivity contribution in [3.63, 3.8) is 0 Å². The fraction of sp³-hybridized carbons (Fsp3) is 0.667. The Hall–Kier alpha value is -1.20. The van der Waals surface area contributed by atoms with E-state index in [9.17, 15) is 9.59 Å². The van der Waals surface area contributed by atoms with E-state index in [1.165, 1.54) is 17.1 Å². The zero-order chi connectivity index (χ0) is 13.1. The maximum atomic E-state index is 11.3. The van der Waals surface area contributed by atoms with Crippen LogP contribution in [0.4, 0.5) is 0 Å². The number of nitrogens with two attached hydrogens (primary N) is 1. The molecule has 0 radical (unpaired) electrons. The van der Waals surface area contributed by atoms with Gasteiger partial charge in [-0.3, -0.25) is 14.5 Å². The van der Waals surface area contributed by atoms with Crippen LogP contribution in [0.5, 0.6) is 0 Å². The number of amides is 2. The normalized spacial score (nSPS) is 18.0. The summed E-state index contributed by atoms with van der Waals surface area (Å²) in [5, 5.41) is 0. The maximum Gasteiger partial charge on any atom is 0.253 e. The van der Waals surface area contributed by atoms with Gasteiger partial charge >= 0.3 is 0 Å². The van der Waals surface area contributed by atoms with Crippen molar-refractivity contribution in [2.75, 3.05) is 13.2 Å². The zero-order valence-electron chi connectivity index (χ0n) is 10.6. The van der Waals surface area contributed by atoms with Gasteiger partial charge in [-0.2, -0.15) is 0 Å². The van der Waals surface area contributed by atoms with Crippen LogP contribution in [-0.4, -0.2) is 41.5 Å². The molecule has 0 spiro atoms. The monoisotopic (exact) mass is 240 g/mol. The van der Waals surface area contributed by atoms with Crippen molar-refractivity contribution in [3.05, 3.63) is 12.2 Å². The molecule has 1 unspecified atom stereocenters. The zero-order valence-corrected chi connectivity index (χ0v) is 10.6. The van der Waals surface area contributed by atoms with Crippen molar-refractivity contribution >= 4 is 11.8 Å².